The second-order valence-electron chi connectivity index (χ2n) is 11.3. The number of ether oxygens (including phenoxy) is 1. The van der Waals surface area contributed by atoms with E-state index in [9.17, 15) is 14.4 Å². The van der Waals surface area contributed by atoms with Crippen molar-refractivity contribution in [1.29, 1.82) is 0 Å². The zero-order valence-electron chi connectivity index (χ0n) is 24.5. The second-order valence-corrected chi connectivity index (χ2v) is 11.7. The molecule has 2 atom stereocenters. The summed E-state index contributed by atoms with van der Waals surface area (Å²) >= 11 is 6.11. The second kappa shape index (κ2) is 13.0. The van der Waals surface area contributed by atoms with E-state index >= 15 is 0 Å². The molecule has 1 fully saturated rings. The molecule has 8 heteroatoms. The number of carbonyl (C=O) groups is 3. The minimum Gasteiger partial charge on any atom is -0.494 e. The SMILES string of the molecule is CC(=O)N1CCC(CCOc2ccc(C(=O)N3c4ccccc4C(N(C(C)=O)c4ccc(Cl)cc4)CC3C)cc2)CC1. The highest BCUT2D eigenvalue weighted by Crippen LogP contribution is 2.43. The van der Waals surface area contributed by atoms with Crippen molar-refractivity contribution < 1.29 is 19.1 Å². The minimum atomic E-state index is -0.218. The monoisotopic (exact) mass is 587 g/mol. The summed E-state index contributed by atoms with van der Waals surface area (Å²) in [4.78, 5) is 43.9. The van der Waals surface area contributed by atoms with Gasteiger partial charge in [0.25, 0.3) is 5.91 Å². The molecule has 2 aliphatic rings. The van der Waals surface area contributed by atoms with Crippen LogP contribution in [0, 0.1) is 5.92 Å². The van der Waals surface area contributed by atoms with Crippen LogP contribution >= 0.6 is 11.6 Å². The van der Waals surface area contributed by atoms with Crippen molar-refractivity contribution in [3.05, 3.63) is 88.9 Å². The Morgan fingerprint density at radius 3 is 2.24 bits per heavy atom. The molecule has 0 bridgehead atoms. The molecule has 0 N–H and O–H groups in total. The van der Waals surface area contributed by atoms with Crippen molar-refractivity contribution in [2.75, 3.05) is 29.5 Å². The zero-order chi connectivity index (χ0) is 29.8. The third-order valence-corrected chi connectivity index (χ3v) is 8.74. The lowest BCUT2D eigenvalue weighted by Crippen LogP contribution is -2.47. The molecule has 42 heavy (non-hydrogen) atoms. The number of rotatable bonds is 7. The van der Waals surface area contributed by atoms with Gasteiger partial charge < -0.3 is 19.4 Å². The van der Waals surface area contributed by atoms with Crippen LogP contribution in [0.25, 0.3) is 0 Å². The van der Waals surface area contributed by atoms with Gasteiger partial charge in [0, 0.05) is 54.9 Å². The quantitative estimate of drug-likeness (QED) is 0.301. The average Bonchev–Trinajstić information content (AvgIpc) is 2.98. The Balaban J connectivity index is 1.27. The minimum absolute atomic E-state index is 0.0683. The van der Waals surface area contributed by atoms with E-state index in [0.717, 1.165) is 55.0 Å². The fourth-order valence-electron chi connectivity index (χ4n) is 6.23. The first kappa shape index (κ1) is 29.6. The molecule has 2 aliphatic heterocycles. The van der Waals surface area contributed by atoms with E-state index in [1.165, 1.54) is 0 Å². The molecule has 1 saturated heterocycles. The van der Waals surface area contributed by atoms with Crippen LogP contribution in [0.1, 0.15) is 68.4 Å². The number of anilines is 2. The van der Waals surface area contributed by atoms with Crippen molar-refractivity contribution >= 4 is 40.7 Å². The maximum absolute atomic E-state index is 13.9. The molecule has 7 nitrogen and oxygen atoms in total. The maximum Gasteiger partial charge on any atom is 0.258 e. The van der Waals surface area contributed by atoms with Gasteiger partial charge in [-0.25, -0.2) is 0 Å². The van der Waals surface area contributed by atoms with Crippen LogP contribution in [0.3, 0.4) is 0 Å². The summed E-state index contributed by atoms with van der Waals surface area (Å²) < 4.78 is 6.00. The lowest BCUT2D eigenvalue weighted by molar-refractivity contribution is -0.130. The molecule has 220 valence electrons. The summed E-state index contributed by atoms with van der Waals surface area (Å²) in [6, 6.07) is 22.1. The van der Waals surface area contributed by atoms with Crippen LogP contribution < -0.4 is 14.5 Å². The van der Waals surface area contributed by atoms with Crippen LogP contribution in [-0.4, -0.2) is 48.4 Å². The summed E-state index contributed by atoms with van der Waals surface area (Å²) in [6.07, 6.45) is 3.56. The number of hydrogen-bond acceptors (Lipinski definition) is 4. The predicted molar refractivity (Wildman–Crippen MR) is 166 cm³/mol. The maximum atomic E-state index is 13.9. The van der Waals surface area contributed by atoms with E-state index in [1.54, 1.807) is 30.9 Å². The van der Waals surface area contributed by atoms with Crippen LogP contribution in [-0.2, 0) is 9.59 Å². The van der Waals surface area contributed by atoms with Crippen molar-refractivity contribution in [1.82, 2.24) is 4.90 Å². The van der Waals surface area contributed by atoms with E-state index < -0.39 is 0 Å². The molecule has 5 rings (SSSR count). The Bertz CT molecular complexity index is 1420. The Hall–Kier alpha value is -3.84. The Labute approximate surface area is 253 Å². The lowest BCUT2D eigenvalue weighted by atomic mass is 9.89. The molecule has 0 spiro atoms. The van der Waals surface area contributed by atoms with Gasteiger partial charge in [0.05, 0.1) is 12.6 Å². The van der Waals surface area contributed by atoms with Crippen LogP contribution in [0.4, 0.5) is 11.4 Å². The molecule has 0 aliphatic carbocycles. The van der Waals surface area contributed by atoms with Crippen molar-refractivity contribution in [3.8, 4) is 5.75 Å². The van der Waals surface area contributed by atoms with Crippen LogP contribution in [0.2, 0.25) is 5.02 Å². The van der Waals surface area contributed by atoms with E-state index in [1.807, 2.05) is 77.4 Å². The van der Waals surface area contributed by atoms with Gasteiger partial charge in [-0.05, 0) is 98.7 Å². The molecular formula is C34H38ClN3O4. The standard InChI is InChI=1S/C34H38ClN3O4/c1-23-22-33(38(25(3)40)29-12-10-28(35)11-13-29)31-6-4-5-7-32(31)37(23)34(41)27-8-14-30(15-9-27)42-21-18-26-16-19-36(20-17-26)24(2)39/h4-15,23,26,33H,16-22H2,1-3H3. The third-order valence-electron chi connectivity index (χ3n) is 8.49. The van der Waals surface area contributed by atoms with Crippen molar-refractivity contribution in [2.24, 2.45) is 5.92 Å². The molecular weight excluding hydrogens is 550 g/mol. The van der Waals surface area contributed by atoms with Gasteiger partial charge >= 0.3 is 0 Å². The van der Waals surface area contributed by atoms with Gasteiger partial charge in [-0.3, -0.25) is 14.4 Å². The van der Waals surface area contributed by atoms with E-state index in [0.29, 0.717) is 29.5 Å². The first-order chi connectivity index (χ1) is 20.2. The molecule has 0 aromatic heterocycles. The third kappa shape index (κ3) is 6.46. The Kier molecular flexibility index (Phi) is 9.17. The zero-order valence-corrected chi connectivity index (χ0v) is 25.2. The van der Waals surface area contributed by atoms with Crippen LogP contribution in [0.15, 0.2) is 72.8 Å². The number of hydrogen-bond donors (Lipinski definition) is 0. The van der Waals surface area contributed by atoms with E-state index in [4.69, 9.17) is 16.3 Å². The normalized spacial score (nSPS) is 18.8. The Morgan fingerprint density at radius 1 is 0.929 bits per heavy atom. The molecule has 3 aromatic rings. The summed E-state index contributed by atoms with van der Waals surface area (Å²) in [7, 11) is 0. The highest BCUT2D eigenvalue weighted by molar-refractivity contribution is 6.30. The topological polar surface area (TPSA) is 70.2 Å². The predicted octanol–water partition coefficient (Wildman–Crippen LogP) is 6.90. The number of likely N-dealkylation sites (tertiary alicyclic amines) is 1. The number of amides is 3. The molecule has 3 amide bonds. The first-order valence-corrected chi connectivity index (χ1v) is 15.1. The molecule has 0 saturated carbocycles. The summed E-state index contributed by atoms with van der Waals surface area (Å²) in [5.41, 5.74) is 3.10. The summed E-state index contributed by atoms with van der Waals surface area (Å²) in [5.74, 6) is 1.29. The van der Waals surface area contributed by atoms with Gasteiger partial charge in [0.2, 0.25) is 11.8 Å². The lowest BCUT2D eigenvalue weighted by Gasteiger charge is -2.43. The smallest absolute Gasteiger partial charge is 0.258 e. The molecule has 3 aromatic carbocycles. The summed E-state index contributed by atoms with van der Waals surface area (Å²) in [5, 5.41) is 0.610. The van der Waals surface area contributed by atoms with Gasteiger partial charge in [0.15, 0.2) is 0 Å². The highest BCUT2D eigenvalue weighted by atomic mass is 35.5. The molecule has 2 unspecified atom stereocenters. The number of halogens is 1. The fraction of sp³-hybridized carbons (Fsp3) is 0.382. The first-order valence-electron chi connectivity index (χ1n) is 14.7. The van der Waals surface area contributed by atoms with Gasteiger partial charge in [-0.15, -0.1) is 0 Å². The summed E-state index contributed by atoms with van der Waals surface area (Å²) in [6.45, 7) is 7.48. The van der Waals surface area contributed by atoms with Crippen LogP contribution in [0.5, 0.6) is 5.75 Å². The van der Waals surface area contributed by atoms with E-state index in [2.05, 4.69) is 0 Å². The number of nitrogens with zero attached hydrogens (tertiary/aromatic N) is 3. The number of benzene rings is 3. The largest absolute Gasteiger partial charge is 0.494 e. The highest BCUT2D eigenvalue weighted by Gasteiger charge is 2.38. The Morgan fingerprint density at radius 2 is 1.60 bits per heavy atom. The number of carbonyl (C=O) groups excluding carboxylic acids is 3. The number of piperidine rings is 1. The fourth-order valence-corrected chi connectivity index (χ4v) is 6.36. The van der Waals surface area contributed by atoms with Crippen molar-refractivity contribution in [3.63, 3.8) is 0 Å². The van der Waals surface area contributed by atoms with Gasteiger partial charge in [0.1, 0.15) is 5.75 Å². The molecule has 2 heterocycles. The van der Waals surface area contributed by atoms with E-state index in [-0.39, 0.29) is 29.8 Å². The number of para-hydroxylation sites is 1. The molecule has 0 radical (unpaired) electrons. The number of fused-ring (bicyclic) bond motifs is 1. The van der Waals surface area contributed by atoms with Crippen molar-refractivity contribution in [2.45, 2.75) is 58.5 Å². The van der Waals surface area contributed by atoms with Gasteiger partial charge in [-0.2, -0.15) is 0 Å². The van der Waals surface area contributed by atoms with Gasteiger partial charge in [-0.1, -0.05) is 29.8 Å². The average molecular weight is 588 g/mol.